The number of rotatable bonds is 5. The van der Waals surface area contributed by atoms with Gasteiger partial charge in [-0.1, -0.05) is 18.2 Å². The normalized spacial score (nSPS) is 16.5. The molecular formula is C22H22N2O4. The summed E-state index contributed by atoms with van der Waals surface area (Å²) in [4.78, 5) is 26.6. The van der Waals surface area contributed by atoms with E-state index in [1.165, 1.54) is 0 Å². The number of para-hydroxylation sites is 1. The topological polar surface area (TPSA) is 79.6 Å². The van der Waals surface area contributed by atoms with Gasteiger partial charge >= 0.3 is 5.97 Å². The highest BCUT2D eigenvalue weighted by Gasteiger charge is 2.29. The van der Waals surface area contributed by atoms with Crippen molar-refractivity contribution in [1.82, 2.24) is 0 Å². The van der Waals surface area contributed by atoms with Crippen LogP contribution in [-0.4, -0.2) is 30.6 Å². The van der Waals surface area contributed by atoms with Crippen LogP contribution in [0.1, 0.15) is 31.4 Å². The van der Waals surface area contributed by atoms with Crippen LogP contribution in [0.3, 0.4) is 0 Å². The Balaban J connectivity index is 1.58. The highest BCUT2D eigenvalue weighted by atomic mass is 16.6. The Hall–Kier alpha value is -3.33. The molecule has 0 bridgehead atoms. The van der Waals surface area contributed by atoms with Gasteiger partial charge in [-0.3, -0.25) is 4.79 Å². The minimum absolute atomic E-state index is 0.0495. The molecule has 6 heteroatoms. The number of amides is 1. The lowest BCUT2D eigenvalue weighted by Gasteiger charge is -2.35. The molecule has 1 amide bonds. The largest absolute Gasteiger partial charge is 0.479 e. The van der Waals surface area contributed by atoms with E-state index in [2.05, 4.69) is 0 Å². The van der Waals surface area contributed by atoms with Crippen LogP contribution in [0.5, 0.6) is 5.75 Å². The van der Waals surface area contributed by atoms with Gasteiger partial charge in [-0.25, -0.2) is 4.79 Å². The fraction of sp³-hybridized carbons (Fsp3) is 0.318. The molecular weight excluding hydrogens is 356 g/mol. The maximum Gasteiger partial charge on any atom is 0.347 e. The van der Waals surface area contributed by atoms with Gasteiger partial charge in [0.15, 0.2) is 12.7 Å². The second-order valence-electron chi connectivity index (χ2n) is 6.78. The molecule has 0 radical (unpaired) electrons. The Bertz CT molecular complexity index is 901. The number of anilines is 1. The van der Waals surface area contributed by atoms with E-state index in [4.69, 9.17) is 14.7 Å². The summed E-state index contributed by atoms with van der Waals surface area (Å²) in [5, 5.41) is 8.81. The Morgan fingerprint density at radius 1 is 1.21 bits per heavy atom. The van der Waals surface area contributed by atoms with Gasteiger partial charge in [0.1, 0.15) is 5.75 Å². The molecule has 2 aromatic rings. The number of nitriles is 1. The van der Waals surface area contributed by atoms with Crippen molar-refractivity contribution in [1.29, 1.82) is 5.26 Å². The van der Waals surface area contributed by atoms with E-state index in [9.17, 15) is 9.59 Å². The van der Waals surface area contributed by atoms with Crippen LogP contribution in [0.25, 0.3) is 0 Å². The molecule has 0 fully saturated rings. The third-order valence-electron chi connectivity index (χ3n) is 4.76. The lowest BCUT2D eigenvalue weighted by molar-refractivity contribution is -0.154. The van der Waals surface area contributed by atoms with Crippen LogP contribution < -0.4 is 9.64 Å². The molecule has 0 spiro atoms. The first-order chi connectivity index (χ1) is 13.5. The molecule has 0 N–H and O–H groups in total. The van der Waals surface area contributed by atoms with Crippen molar-refractivity contribution >= 4 is 17.6 Å². The highest BCUT2D eigenvalue weighted by molar-refractivity contribution is 5.97. The molecule has 2 aromatic carbocycles. The minimum atomic E-state index is -0.869. The summed E-state index contributed by atoms with van der Waals surface area (Å²) < 4.78 is 10.7. The molecule has 1 aliphatic rings. The lowest BCUT2D eigenvalue weighted by Crippen LogP contribution is -2.44. The predicted molar refractivity (Wildman–Crippen MR) is 104 cm³/mol. The van der Waals surface area contributed by atoms with Gasteiger partial charge in [0.2, 0.25) is 0 Å². The number of esters is 1. The smallest absolute Gasteiger partial charge is 0.347 e. The maximum absolute atomic E-state index is 12.7. The number of nitrogens with zero attached hydrogens (tertiary/aromatic N) is 2. The van der Waals surface area contributed by atoms with Crippen LogP contribution in [0.15, 0.2) is 48.5 Å². The lowest BCUT2D eigenvalue weighted by atomic mass is 9.96. The zero-order valence-electron chi connectivity index (χ0n) is 15.9. The third-order valence-corrected chi connectivity index (χ3v) is 4.76. The Morgan fingerprint density at radius 3 is 2.64 bits per heavy atom. The van der Waals surface area contributed by atoms with Gasteiger partial charge in [0.05, 0.1) is 11.6 Å². The van der Waals surface area contributed by atoms with Gasteiger partial charge in [-0.2, -0.15) is 5.26 Å². The fourth-order valence-electron chi connectivity index (χ4n) is 3.25. The second kappa shape index (κ2) is 8.57. The van der Waals surface area contributed by atoms with Crippen LogP contribution in [0.2, 0.25) is 0 Å². The van der Waals surface area contributed by atoms with Crippen molar-refractivity contribution in [2.45, 2.75) is 38.8 Å². The van der Waals surface area contributed by atoms with Gasteiger partial charge in [0, 0.05) is 11.7 Å². The van der Waals surface area contributed by atoms with Crippen LogP contribution in [0, 0.1) is 11.3 Å². The Kier molecular flexibility index (Phi) is 5.95. The van der Waals surface area contributed by atoms with Crippen molar-refractivity contribution in [2.24, 2.45) is 0 Å². The monoisotopic (exact) mass is 378 g/mol. The molecule has 1 heterocycles. The Labute approximate surface area is 164 Å². The zero-order chi connectivity index (χ0) is 20.1. The molecule has 2 unspecified atom stereocenters. The van der Waals surface area contributed by atoms with E-state index in [0.29, 0.717) is 11.3 Å². The van der Waals surface area contributed by atoms with Gasteiger partial charge in [-0.05, 0) is 62.6 Å². The van der Waals surface area contributed by atoms with Crippen LogP contribution in [-0.2, 0) is 20.7 Å². The summed E-state index contributed by atoms with van der Waals surface area (Å²) in [7, 11) is 0. The number of benzene rings is 2. The first-order valence-electron chi connectivity index (χ1n) is 9.23. The third kappa shape index (κ3) is 4.32. The van der Waals surface area contributed by atoms with E-state index in [1.54, 1.807) is 36.1 Å². The van der Waals surface area contributed by atoms with Crippen LogP contribution in [0.4, 0.5) is 5.69 Å². The van der Waals surface area contributed by atoms with Gasteiger partial charge < -0.3 is 14.4 Å². The number of hydrogen-bond acceptors (Lipinski definition) is 5. The Morgan fingerprint density at radius 2 is 1.93 bits per heavy atom. The number of fused-ring (bicyclic) bond motifs is 1. The molecule has 1 aliphatic heterocycles. The van der Waals surface area contributed by atoms with E-state index in [-0.39, 0.29) is 18.6 Å². The number of carbonyl (C=O) groups is 2. The first-order valence-corrected chi connectivity index (χ1v) is 9.23. The summed E-state index contributed by atoms with van der Waals surface area (Å²) in [6, 6.07) is 16.3. The molecule has 0 saturated heterocycles. The second-order valence-corrected chi connectivity index (χ2v) is 6.78. The van der Waals surface area contributed by atoms with E-state index in [1.807, 2.05) is 37.3 Å². The van der Waals surface area contributed by atoms with Crippen molar-refractivity contribution in [3.8, 4) is 11.8 Å². The summed E-state index contributed by atoms with van der Waals surface area (Å²) in [5.74, 6) is -0.414. The van der Waals surface area contributed by atoms with Crippen LogP contribution >= 0.6 is 0 Å². The maximum atomic E-state index is 12.7. The highest BCUT2D eigenvalue weighted by Crippen LogP contribution is 2.30. The average Bonchev–Trinajstić information content (AvgIpc) is 2.72. The van der Waals surface area contributed by atoms with Gasteiger partial charge in [-0.15, -0.1) is 0 Å². The quantitative estimate of drug-likeness (QED) is 0.746. The first kappa shape index (κ1) is 19.4. The molecule has 3 rings (SSSR count). The average molecular weight is 378 g/mol. The van der Waals surface area contributed by atoms with Crippen molar-refractivity contribution in [3.63, 3.8) is 0 Å². The number of hydrogen-bond donors (Lipinski definition) is 0. The van der Waals surface area contributed by atoms with E-state index in [0.717, 1.165) is 24.1 Å². The number of ether oxygens (including phenoxy) is 2. The minimum Gasteiger partial charge on any atom is -0.479 e. The molecule has 0 aliphatic carbocycles. The van der Waals surface area contributed by atoms with Crippen molar-refractivity contribution in [3.05, 3.63) is 59.7 Å². The van der Waals surface area contributed by atoms with Crippen molar-refractivity contribution < 1.29 is 19.1 Å². The molecule has 2 atom stereocenters. The summed E-state index contributed by atoms with van der Waals surface area (Å²) in [5.41, 5.74) is 2.51. The summed E-state index contributed by atoms with van der Waals surface area (Å²) >= 11 is 0. The molecule has 0 saturated carbocycles. The fourth-order valence-corrected chi connectivity index (χ4v) is 3.25. The standard InChI is InChI=1S/C22H22N2O4/c1-15-7-10-18-5-3-4-6-20(18)24(15)21(25)14-27-22(26)16(2)28-19-11-8-17(13-23)9-12-19/h3-6,8-9,11-12,15-16H,7,10,14H2,1-2H3. The number of carbonyl (C=O) groups excluding carboxylic acids is 2. The van der Waals surface area contributed by atoms with E-state index >= 15 is 0 Å². The summed E-state index contributed by atoms with van der Waals surface area (Å²) in [6.45, 7) is 3.22. The zero-order valence-corrected chi connectivity index (χ0v) is 15.9. The molecule has 0 aromatic heterocycles. The molecule has 144 valence electrons. The number of aryl methyl sites for hydroxylation is 1. The predicted octanol–water partition coefficient (Wildman–Crippen LogP) is 3.24. The van der Waals surface area contributed by atoms with E-state index < -0.39 is 12.1 Å². The summed E-state index contributed by atoms with van der Waals surface area (Å²) in [6.07, 6.45) is 0.928. The van der Waals surface area contributed by atoms with Gasteiger partial charge in [0.25, 0.3) is 5.91 Å². The SMILES string of the molecule is CC(Oc1ccc(C#N)cc1)C(=O)OCC(=O)N1c2ccccc2CCC1C. The molecule has 6 nitrogen and oxygen atoms in total. The van der Waals surface area contributed by atoms with Crippen molar-refractivity contribution in [2.75, 3.05) is 11.5 Å². The molecule has 28 heavy (non-hydrogen) atoms.